The fraction of sp³-hybridized carbons (Fsp3) is 0.538. The van der Waals surface area contributed by atoms with Gasteiger partial charge in [-0.15, -0.1) is 0 Å². The zero-order valence-corrected chi connectivity index (χ0v) is 21.3. The van der Waals surface area contributed by atoms with E-state index >= 15 is 0 Å². The van der Waals surface area contributed by atoms with Crippen LogP contribution in [-0.4, -0.2) is 55.8 Å². The van der Waals surface area contributed by atoms with E-state index in [0.29, 0.717) is 13.2 Å². The van der Waals surface area contributed by atoms with Gasteiger partial charge >= 0.3 is 0 Å². The largest absolute Gasteiger partial charge is 0.408 e. The monoisotopic (exact) mass is 474 g/mol. The summed E-state index contributed by atoms with van der Waals surface area (Å²) in [7, 11) is -2.25. The van der Waals surface area contributed by atoms with Gasteiger partial charge in [-0.1, -0.05) is 81.4 Å². The fourth-order valence-corrected chi connectivity index (χ4v) is 4.92. The van der Waals surface area contributed by atoms with Crippen molar-refractivity contribution in [1.82, 2.24) is 0 Å². The number of aliphatic hydroxyl groups is 2. The van der Waals surface area contributed by atoms with Crippen molar-refractivity contribution in [2.75, 3.05) is 6.61 Å². The Balaban J connectivity index is 1.87. The van der Waals surface area contributed by atoms with Gasteiger partial charge < -0.3 is 28.8 Å². The molecule has 0 bridgehead atoms. The second-order valence-electron chi connectivity index (χ2n) is 10.1. The first kappa shape index (κ1) is 26.0. The third-order valence-corrected chi connectivity index (χ3v) is 11.1. The van der Waals surface area contributed by atoms with Gasteiger partial charge in [0.05, 0.1) is 19.8 Å². The highest BCUT2D eigenvalue weighted by atomic mass is 28.4. The van der Waals surface area contributed by atoms with Gasteiger partial charge in [-0.25, -0.2) is 0 Å². The third-order valence-electron chi connectivity index (χ3n) is 6.60. The number of hydrogen-bond acceptors (Lipinski definition) is 6. The zero-order chi connectivity index (χ0) is 24.1. The van der Waals surface area contributed by atoms with Crippen LogP contribution in [0.1, 0.15) is 31.9 Å². The van der Waals surface area contributed by atoms with E-state index in [-0.39, 0.29) is 11.6 Å². The lowest BCUT2D eigenvalue weighted by Gasteiger charge is -2.48. The molecule has 2 aromatic carbocycles. The maximum atomic E-state index is 10.8. The lowest BCUT2D eigenvalue weighted by molar-refractivity contribution is -0.304. The molecular formula is C26H38O6Si. The highest BCUT2D eigenvalue weighted by molar-refractivity contribution is 6.74. The summed E-state index contributed by atoms with van der Waals surface area (Å²) in [6.45, 7) is 11.1. The van der Waals surface area contributed by atoms with E-state index in [4.69, 9.17) is 18.6 Å². The van der Waals surface area contributed by atoms with Crippen LogP contribution in [0.4, 0.5) is 0 Å². The van der Waals surface area contributed by atoms with Crippen molar-refractivity contribution in [3.05, 3.63) is 71.8 Å². The summed E-state index contributed by atoms with van der Waals surface area (Å²) < 4.78 is 25.0. The molecule has 5 atom stereocenters. The Morgan fingerprint density at radius 1 is 0.818 bits per heavy atom. The van der Waals surface area contributed by atoms with E-state index in [9.17, 15) is 10.2 Å². The smallest absolute Gasteiger partial charge is 0.192 e. The second-order valence-corrected chi connectivity index (χ2v) is 14.9. The number of benzene rings is 2. The van der Waals surface area contributed by atoms with Crippen LogP contribution in [0.3, 0.4) is 0 Å². The van der Waals surface area contributed by atoms with Gasteiger partial charge in [-0.3, -0.25) is 0 Å². The summed E-state index contributed by atoms with van der Waals surface area (Å²) in [6, 6.07) is 19.6. The van der Waals surface area contributed by atoms with Crippen LogP contribution in [0.5, 0.6) is 0 Å². The normalized spacial score (nSPS) is 26.3. The predicted molar refractivity (Wildman–Crippen MR) is 130 cm³/mol. The van der Waals surface area contributed by atoms with E-state index in [1.54, 1.807) is 0 Å². The molecule has 0 unspecified atom stereocenters. The second kappa shape index (κ2) is 11.2. The molecule has 0 saturated carbocycles. The van der Waals surface area contributed by atoms with Gasteiger partial charge in [0.25, 0.3) is 0 Å². The molecule has 1 saturated heterocycles. The molecule has 182 valence electrons. The maximum absolute atomic E-state index is 10.8. The molecule has 0 aromatic heterocycles. The van der Waals surface area contributed by atoms with E-state index < -0.39 is 39.0 Å². The minimum atomic E-state index is -2.25. The van der Waals surface area contributed by atoms with Gasteiger partial charge in [0.15, 0.2) is 14.6 Å². The standard InChI is InChI=1S/C26H38O6Si/c1-26(2,3)33(4,5)32-22-21(16-27)31-25(28)24(30-18-20-14-10-7-11-15-20)23(22)29-17-19-12-8-6-9-13-19/h6-15,21-25,27-28H,16-18H2,1-5H3/t21-,22-,23+,24-,25+/m1/s1. The van der Waals surface area contributed by atoms with E-state index in [1.165, 1.54) is 0 Å². The SMILES string of the molecule is CC(C)(C)[Si](C)(C)O[C@H]1[C@H](OCc2ccccc2)[C@@H](OCc2ccccc2)[C@@H](O)O[C@@H]1CO. The molecule has 1 fully saturated rings. The molecule has 1 aliphatic heterocycles. The average molecular weight is 475 g/mol. The minimum Gasteiger partial charge on any atom is -0.408 e. The number of rotatable bonds is 9. The molecule has 1 heterocycles. The maximum Gasteiger partial charge on any atom is 0.192 e. The molecule has 1 aliphatic rings. The number of hydrogen-bond donors (Lipinski definition) is 2. The van der Waals surface area contributed by atoms with E-state index in [2.05, 4.69) is 33.9 Å². The Morgan fingerprint density at radius 2 is 1.30 bits per heavy atom. The topological polar surface area (TPSA) is 77.4 Å². The Hall–Kier alpha value is -1.58. The molecule has 3 rings (SSSR count). The first-order valence-corrected chi connectivity index (χ1v) is 14.5. The van der Waals surface area contributed by atoms with Crippen LogP contribution < -0.4 is 0 Å². The van der Waals surface area contributed by atoms with Crippen LogP contribution >= 0.6 is 0 Å². The third kappa shape index (κ3) is 6.73. The molecule has 0 spiro atoms. The molecule has 2 aromatic rings. The molecule has 6 nitrogen and oxygen atoms in total. The summed E-state index contributed by atoms with van der Waals surface area (Å²) in [6.07, 6.45) is -3.93. The number of aliphatic hydroxyl groups excluding tert-OH is 2. The van der Waals surface area contributed by atoms with Crippen molar-refractivity contribution >= 4 is 8.32 Å². The van der Waals surface area contributed by atoms with Crippen molar-refractivity contribution < 1.29 is 28.8 Å². The Labute approximate surface area is 198 Å². The summed E-state index contributed by atoms with van der Waals surface area (Å²) in [5.41, 5.74) is 1.99. The lowest BCUT2D eigenvalue weighted by Crippen LogP contribution is -2.63. The molecule has 33 heavy (non-hydrogen) atoms. The van der Waals surface area contributed by atoms with Crippen molar-refractivity contribution in [3.8, 4) is 0 Å². The van der Waals surface area contributed by atoms with Crippen LogP contribution in [0.25, 0.3) is 0 Å². The summed E-state index contributed by atoms with van der Waals surface area (Å²) in [5, 5.41) is 20.8. The molecule has 0 aliphatic carbocycles. The quantitative estimate of drug-likeness (QED) is 0.529. The highest BCUT2D eigenvalue weighted by Crippen LogP contribution is 2.40. The molecule has 0 radical (unpaired) electrons. The molecule has 2 N–H and O–H groups in total. The fourth-order valence-electron chi connectivity index (χ4n) is 3.60. The van der Waals surface area contributed by atoms with Crippen molar-refractivity contribution in [2.24, 2.45) is 0 Å². The van der Waals surface area contributed by atoms with E-state index in [1.807, 2.05) is 60.7 Å². The van der Waals surface area contributed by atoms with Crippen molar-refractivity contribution in [1.29, 1.82) is 0 Å². The molecule has 7 heteroatoms. The minimum absolute atomic E-state index is 0.0482. The van der Waals surface area contributed by atoms with E-state index in [0.717, 1.165) is 11.1 Å². The average Bonchev–Trinajstić information content (AvgIpc) is 2.78. The van der Waals surface area contributed by atoms with Crippen molar-refractivity contribution in [2.45, 2.75) is 82.8 Å². The van der Waals surface area contributed by atoms with Gasteiger partial charge in [0, 0.05) is 0 Å². The van der Waals surface area contributed by atoms with Crippen LogP contribution in [0.2, 0.25) is 18.1 Å². The Kier molecular flexibility index (Phi) is 8.86. The highest BCUT2D eigenvalue weighted by Gasteiger charge is 2.51. The first-order chi connectivity index (χ1) is 15.6. The predicted octanol–water partition coefficient (Wildman–Crippen LogP) is 4.26. The van der Waals surface area contributed by atoms with Gasteiger partial charge in [0.2, 0.25) is 0 Å². The van der Waals surface area contributed by atoms with Gasteiger partial charge in [-0.2, -0.15) is 0 Å². The van der Waals surface area contributed by atoms with Crippen LogP contribution in [-0.2, 0) is 31.9 Å². The lowest BCUT2D eigenvalue weighted by atomic mass is 9.98. The van der Waals surface area contributed by atoms with Gasteiger partial charge in [0.1, 0.15) is 24.4 Å². The summed E-state index contributed by atoms with van der Waals surface area (Å²) >= 11 is 0. The van der Waals surface area contributed by atoms with Crippen LogP contribution in [0.15, 0.2) is 60.7 Å². The Bertz CT molecular complexity index is 839. The molecule has 0 amide bonds. The zero-order valence-electron chi connectivity index (χ0n) is 20.3. The summed E-state index contributed by atoms with van der Waals surface area (Å²) in [5.74, 6) is 0. The summed E-state index contributed by atoms with van der Waals surface area (Å²) in [4.78, 5) is 0. The first-order valence-electron chi connectivity index (χ1n) is 11.6. The van der Waals surface area contributed by atoms with Crippen molar-refractivity contribution in [3.63, 3.8) is 0 Å². The molecular weight excluding hydrogens is 436 g/mol. The van der Waals surface area contributed by atoms with Gasteiger partial charge in [-0.05, 0) is 29.3 Å². The Morgan fingerprint density at radius 3 is 1.76 bits per heavy atom. The number of ether oxygens (including phenoxy) is 3. The van der Waals surface area contributed by atoms with Crippen LogP contribution in [0, 0.1) is 0 Å².